The molecule has 0 N–H and O–H groups in total. The van der Waals surface area contributed by atoms with Crippen molar-refractivity contribution >= 4 is 10.8 Å². The largest absolute Gasteiger partial charge is 0.289 e. The molecular weight excluding hydrogens is 148 g/mol. The van der Waals surface area contributed by atoms with Crippen molar-refractivity contribution in [3.63, 3.8) is 0 Å². The molecule has 0 amide bonds. The fourth-order valence-corrected chi connectivity index (χ4v) is 1.42. The van der Waals surface area contributed by atoms with Gasteiger partial charge in [-0.3, -0.25) is 5.11 Å². The van der Waals surface area contributed by atoms with Crippen molar-refractivity contribution < 1.29 is 5.11 Å². The second-order valence-corrected chi connectivity index (χ2v) is 2.93. The minimum absolute atomic E-state index is 0.108. The van der Waals surface area contributed by atoms with E-state index in [4.69, 9.17) is 0 Å². The molecule has 0 saturated heterocycles. The van der Waals surface area contributed by atoms with E-state index in [9.17, 15) is 5.11 Å². The summed E-state index contributed by atoms with van der Waals surface area (Å²) in [7, 11) is 0. The monoisotopic (exact) mass is 157 g/mol. The number of rotatable bonds is 0. The summed E-state index contributed by atoms with van der Waals surface area (Å²) < 4.78 is 0. The van der Waals surface area contributed by atoms with Gasteiger partial charge < -0.3 is 0 Å². The van der Waals surface area contributed by atoms with Gasteiger partial charge >= 0.3 is 0 Å². The first-order chi connectivity index (χ1) is 5.79. The van der Waals surface area contributed by atoms with Gasteiger partial charge in [0.15, 0.2) is 5.75 Å². The van der Waals surface area contributed by atoms with Gasteiger partial charge in [-0.05, 0) is 23.9 Å². The maximum absolute atomic E-state index is 11.3. The molecule has 2 aromatic rings. The third-order valence-electron chi connectivity index (χ3n) is 2.10. The molecule has 2 rings (SSSR count). The maximum Gasteiger partial charge on any atom is 0.186 e. The summed E-state index contributed by atoms with van der Waals surface area (Å²) in [5, 5.41) is 13.2. The van der Waals surface area contributed by atoms with Crippen LogP contribution >= 0.6 is 0 Å². The highest BCUT2D eigenvalue weighted by Gasteiger charge is 2.01. The van der Waals surface area contributed by atoms with Crippen LogP contribution in [0.15, 0.2) is 36.4 Å². The highest BCUT2D eigenvalue weighted by atomic mass is 16.3. The molecule has 1 heteroatoms. The van der Waals surface area contributed by atoms with Crippen LogP contribution in [0.25, 0.3) is 10.8 Å². The molecule has 0 fully saturated rings. The van der Waals surface area contributed by atoms with E-state index in [1.54, 1.807) is 6.07 Å². The third kappa shape index (κ3) is 0.944. The van der Waals surface area contributed by atoms with E-state index >= 15 is 0 Å². The van der Waals surface area contributed by atoms with E-state index in [1.165, 1.54) is 0 Å². The van der Waals surface area contributed by atoms with Gasteiger partial charge in [-0.15, -0.1) is 0 Å². The topological polar surface area (TPSA) is 19.9 Å². The van der Waals surface area contributed by atoms with Gasteiger partial charge in [0.1, 0.15) is 0 Å². The molecule has 0 atom stereocenters. The molecule has 59 valence electrons. The summed E-state index contributed by atoms with van der Waals surface area (Å²) in [6, 6.07) is 11.2. The van der Waals surface area contributed by atoms with Crippen molar-refractivity contribution in [2.24, 2.45) is 0 Å². The standard InChI is InChI=1S/C11H9O/c1-8-6-7-11(12)10-5-3-2-4-9(8)10/h2-7H,1H3. The summed E-state index contributed by atoms with van der Waals surface area (Å²) in [5.41, 5.74) is 1.16. The Bertz CT molecular complexity index is 378. The van der Waals surface area contributed by atoms with Crippen molar-refractivity contribution in [3.8, 4) is 5.75 Å². The van der Waals surface area contributed by atoms with Crippen LogP contribution in [-0.4, -0.2) is 0 Å². The van der Waals surface area contributed by atoms with Gasteiger partial charge in [0, 0.05) is 5.39 Å². The molecule has 2 aromatic carbocycles. The number of hydrogen-bond donors (Lipinski definition) is 0. The second-order valence-electron chi connectivity index (χ2n) is 2.93. The first kappa shape index (κ1) is 7.17. The summed E-state index contributed by atoms with van der Waals surface area (Å²) in [4.78, 5) is 0. The van der Waals surface area contributed by atoms with Crippen LogP contribution in [0.2, 0.25) is 0 Å². The van der Waals surface area contributed by atoms with Crippen LogP contribution in [0.4, 0.5) is 0 Å². The average Bonchev–Trinajstić information content (AvgIpc) is 2.12. The van der Waals surface area contributed by atoms with Gasteiger partial charge in [0.2, 0.25) is 0 Å². The van der Waals surface area contributed by atoms with Crippen molar-refractivity contribution in [3.05, 3.63) is 42.0 Å². The number of benzene rings is 2. The maximum atomic E-state index is 11.3. The number of hydrogen-bond acceptors (Lipinski definition) is 0. The van der Waals surface area contributed by atoms with Crippen LogP contribution in [0.5, 0.6) is 5.75 Å². The zero-order chi connectivity index (χ0) is 8.55. The zero-order valence-corrected chi connectivity index (χ0v) is 6.87. The lowest BCUT2D eigenvalue weighted by Gasteiger charge is -2.00. The van der Waals surface area contributed by atoms with Crippen molar-refractivity contribution in [2.45, 2.75) is 6.92 Å². The predicted octanol–water partition coefficient (Wildman–Crippen LogP) is 3.29. The summed E-state index contributed by atoms with van der Waals surface area (Å²) >= 11 is 0. The zero-order valence-electron chi connectivity index (χ0n) is 6.87. The Hall–Kier alpha value is -1.50. The predicted molar refractivity (Wildman–Crippen MR) is 48.8 cm³/mol. The Labute approximate surface area is 71.3 Å². The molecule has 0 aliphatic carbocycles. The van der Waals surface area contributed by atoms with Gasteiger partial charge in [-0.25, -0.2) is 0 Å². The molecule has 1 radical (unpaired) electrons. The van der Waals surface area contributed by atoms with Gasteiger partial charge in [0.25, 0.3) is 0 Å². The van der Waals surface area contributed by atoms with E-state index < -0.39 is 0 Å². The Kier molecular flexibility index (Phi) is 1.51. The fraction of sp³-hybridized carbons (Fsp3) is 0.0909. The fourth-order valence-electron chi connectivity index (χ4n) is 1.42. The molecule has 0 unspecified atom stereocenters. The quantitative estimate of drug-likeness (QED) is 0.559. The lowest BCUT2D eigenvalue weighted by molar-refractivity contribution is 0.360. The molecule has 0 saturated carbocycles. The van der Waals surface area contributed by atoms with Crippen molar-refractivity contribution in [2.75, 3.05) is 0 Å². The summed E-state index contributed by atoms with van der Waals surface area (Å²) in [5.74, 6) is 0.108. The lowest BCUT2D eigenvalue weighted by atomic mass is 10.1. The smallest absolute Gasteiger partial charge is 0.186 e. The van der Waals surface area contributed by atoms with Crippen molar-refractivity contribution in [1.29, 1.82) is 0 Å². The molecule has 0 aromatic heterocycles. The van der Waals surface area contributed by atoms with E-state index in [1.807, 2.05) is 37.3 Å². The normalized spacial score (nSPS) is 10.4. The molecule has 0 spiro atoms. The van der Waals surface area contributed by atoms with Crippen molar-refractivity contribution in [1.82, 2.24) is 0 Å². The molecular formula is C11H9O. The Morgan fingerprint density at radius 1 is 0.917 bits per heavy atom. The van der Waals surface area contributed by atoms with Crippen LogP contribution in [-0.2, 0) is 5.11 Å². The Morgan fingerprint density at radius 2 is 1.58 bits per heavy atom. The molecule has 0 aliphatic heterocycles. The van der Waals surface area contributed by atoms with Crippen LogP contribution in [0, 0.1) is 6.92 Å². The van der Waals surface area contributed by atoms with E-state index in [2.05, 4.69) is 0 Å². The molecule has 0 heterocycles. The SMILES string of the molecule is Cc1ccc([O])c2ccccc12. The van der Waals surface area contributed by atoms with Crippen LogP contribution in [0.1, 0.15) is 5.56 Å². The molecule has 0 bridgehead atoms. The minimum atomic E-state index is 0.108. The highest BCUT2D eigenvalue weighted by Crippen LogP contribution is 2.26. The number of fused-ring (bicyclic) bond motifs is 1. The Balaban J connectivity index is 2.95. The summed E-state index contributed by atoms with van der Waals surface area (Å²) in [6.45, 7) is 2.02. The van der Waals surface area contributed by atoms with Gasteiger partial charge in [-0.1, -0.05) is 30.3 Å². The third-order valence-corrected chi connectivity index (χ3v) is 2.10. The molecule has 1 nitrogen and oxygen atoms in total. The first-order valence-corrected chi connectivity index (χ1v) is 3.94. The molecule has 12 heavy (non-hydrogen) atoms. The lowest BCUT2D eigenvalue weighted by Crippen LogP contribution is -1.76. The minimum Gasteiger partial charge on any atom is -0.289 e. The first-order valence-electron chi connectivity index (χ1n) is 3.94. The number of aryl methyl sites for hydroxylation is 1. The van der Waals surface area contributed by atoms with E-state index in [-0.39, 0.29) is 5.75 Å². The van der Waals surface area contributed by atoms with E-state index in [0.29, 0.717) is 0 Å². The van der Waals surface area contributed by atoms with E-state index in [0.717, 1.165) is 16.3 Å². The second kappa shape index (κ2) is 2.52. The van der Waals surface area contributed by atoms with Gasteiger partial charge in [0.05, 0.1) is 0 Å². The van der Waals surface area contributed by atoms with Crippen LogP contribution < -0.4 is 0 Å². The molecule has 0 aliphatic rings. The Morgan fingerprint density at radius 3 is 2.25 bits per heavy atom. The van der Waals surface area contributed by atoms with Gasteiger partial charge in [-0.2, -0.15) is 0 Å². The highest BCUT2D eigenvalue weighted by molar-refractivity contribution is 5.90. The van der Waals surface area contributed by atoms with Crippen LogP contribution in [0.3, 0.4) is 0 Å². The average molecular weight is 157 g/mol. The summed E-state index contributed by atoms with van der Waals surface area (Å²) in [6.07, 6.45) is 0.